The minimum Gasteiger partial charge on any atom is -0.476 e. The van der Waals surface area contributed by atoms with Gasteiger partial charge >= 0.3 is 5.97 Å². The average Bonchev–Trinajstić information content (AvgIpc) is 2.63. The summed E-state index contributed by atoms with van der Waals surface area (Å²) < 4.78 is 0. The molecule has 1 aromatic heterocycles. The van der Waals surface area contributed by atoms with Crippen LogP contribution in [0.25, 0.3) is 0 Å². The Morgan fingerprint density at radius 2 is 2.53 bits per heavy atom. The lowest BCUT2D eigenvalue weighted by Gasteiger charge is -2.10. The van der Waals surface area contributed by atoms with Gasteiger partial charge in [-0.15, -0.1) is 11.3 Å². The summed E-state index contributed by atoms with van der Waals surface area (Å²) in [6.45, 7) is 2.91. The second kappa shape index (κ2) is 5.97. The van der Waals surface area contributed by atoms with Crippen molar-refractivity contribution in [3.05, 3.63) is 11.2 Å². The molecule has 4 nitrogen and oxygen atoms in total. The Balaban J connectivity index is 2.50. The van der Waals surface area contributed by atoms with Crippen molar-refractivity contribution in [3.63, 3.8) is 0 Å². The summed E-state index contributed by atoms with van der Waals surface area (Å²) in [6, 6.07) is 0. The minimum atomic E-state index is -0.976. The van der Waals surface area contributed by atoms with E-state index in [2.05, 4.69) is 23.5 Å². The molecule has 1 heterocycles. The van der Waals surface area contributed by atoms with Gasteiger partial charge in [0.05, 0.1) is 5.51 Å². The van der Waals surface area contributed by atoms with Crippen LogP contribution in [0, 0.1) is 5.92 Å². The van der Waals surface area contributed by atoms with Crippen LogP contribution in [0.3, 0.4) is 0 Å². The molecule has 0 amide bonds. The molecule has 0 spiro atoms. The standard InChI is InChI=1S/C9H14N2O2S2/c1-6(4-14-2)3-10-8-7(9(12)13)11-5-15-8/h5-6,10H,3-4H2,1-2H3,(H,12,13). The van der Waals surface area contributed by atoms with Crippen molar-refractivity contribution in [1.29, 1.82) is 0 Å². The van der Waals surface area contributed by atoms with E-state index in [0.717, 1.165) is 12.3 Å². The first kappa shape index (κ1) is 12.3. The molecule has 0 aromatic carbocycles. The zero-order valence-corrected chi connectivity index (χ0v) is 10.3. The second-order valence-electron chi connectivity index (χ2n) is 3.28. The SMILES string of the molecule is CSCC(C)CNc1scnc1C(=O)O. The van der Waals surface area contributed by atoms with Gasteiger partial charge in [-0.1, -0.05) is 6.92 Å². The van der Waals surface area contributed by atoms with Crippen molar-refractivity contribution in [2.75, 3.05) is 23.9 Å². The van der Waals surface area contributed by atoms with Crippen molar-refractivity contribution in [1.82, 2.24) is 4.98 Å². The molecule has 0 radical (unpaired) electrons. The topological polar surface area (TPSA) is 62.2 Å². The number of aromatic carboxylic acids is 1. The maximum absolute atomic E-state index is 10.8. The fraction of sp³-hybridized carbons (Fsp3) is 0.556. The Morgan fingerprint density at radius 3 is 3.13 bits per heavy atom. The number of hydrogen-bond acceptors (Lipinski definition) is 5. The Bertz CT molecular complexity index is 328. The smallest absolute Gasteiger partial charge is 0.357 e. The third-order valence-electron chi connectivity index (χ3n) is 1.83. The fourth-order valence-electron chi connectivity index (χ4n) is 1.13. The van der Waals surface area contributed by atoms with Gasteiger partial charge in [0, 0.05) is 6.54 Å². The van der Waals surface area contributed by atoms with Crippen LogP contribution in [0.4, 0.5) is 5.00 Å². The summed E-state index contributed by atoms with van der Waals surface area (Å²) in [5.74, 6) is 0.605. The number of thioether (sulfide) groups is 1. The lowest BCUT2D eigenvalue weighted by Crippen LogP contribution is -2.14. The fourth-order valence-corrected chi connectivity index (χ4v) is 2.50. The summed E-state index contributed by atoms with van der Waals surface area (Å²) in [5.41, 5.74) is 1.67. The lowest BCUT2D eigenvalue weighted by atomic mass is 10.2. The number of carboxylic acid groups (broad SMARTS) is 1. The van der Waals surface area contributed by atoms with Crippen molar-refractivity contribution >= 4 is 34.1 Å². The molecule has 84 valence electrons. The monoisotopic (exact) mass is 246 g/mol. The quantitative estimate of drug-likeness (QED) is 0.806. The van der Waals surface area contributed by atoms with E-state index in [4.69, 9.17) is 5.11 Å². The van der Waals surface area contributed by atoms with E-state index in [-0.39, 0.29) is 5.69 Å². The molecule has 0 aliphatic heterocycles. The zero-order valence-electron chi connectivity index (χ0n) is 8.69. The molecule has 0 saturated carbocycles. The molecule has 1 atom stereocenters. The summed E-state index contributed by atoms with van der Waals surface area (Å²) >= 11 is 3.12. The van der Waals surface area contributed by atoms with Gasteiger partial charge < -0.3 is 10.4 Å². The highest BCUT2D eigenvalue weighted by Crippen LogP contribution is 2.20. The van der Waals surface area contributed by atoms with Gasteiger partial charge in [0.15, 0.2) is 5.69 Å². The third kappa shape index (κ3) is 3.71. The number of carbonyl (C=O) groups is 1. The molecular formula is C9H14N2O2S2. The number of nitrogens with one attached hydrogen (secondary N) is 1. The first-order chi connectivity index (χ1) is 7.15. The zero-order chi connectivity index (χ0) is 11.3. The lowest BCUT2D eigenvalue weighted by molar-refractivity contribution is 0.0692. The van der Waals surface area contributed by atoms with E-state index in [1.807, 2.05) is 0 Å². The average molecular weight is 246 g/mol. The van der Waals surface area contributed by atoms with Gasteiger partial charge in [-0.2, -0.15) is 11.8 Å². The predicted octanol–water partition coefficient (Wildman–Crippen LogP) is 2.25. The van der Waals surface area contributed by atoms with Gasteiger partial charge in [0.25, 0.3) is 0 Å². The Hall–Kier alpha value is -0.750. The number of thiazole rings is 1. The summed E-state index contributed by atoms with van der Waals surface area (Å²) in [4.78, 5) is 14.5. The van der Waals surface area contributed by atoms with E-state index in [0.29, 0.717) is 10.9 Å². The van der Waals surface area contributed by atoms with Crippen LogP contribution in [-0.2, 0) is 0 Å². The van der Waals surface area contributed by atoms with Crippen LogP contribution in [0.15, 0.2) is 5.51 Å². The highest BCUT2D eigenvalue weighted by molar-refractivity contribution is 7.98. The molecule has 0 aliphatic rings. The summed E-state index contributed by atoms with van der Waals surface area (Å²) in [7, 11) is 0. The molecular weight excluding hydrogens is 232 g/mol. The van der Waals surface area contributed by atoms with E-state index < -0.39 is 5.97 Å². The molecule has 1 aromatic rings. The number of rotatable bonds is 6. The molecule has 0 fully saturated rings. The number of aromatic nitrogens is 1. The van der Waals surface area contributed by atoms with E-state index in [1.54, 1.807) is 17.3 Å². The van der Waals surface area contributed by atoms with Gasteiger partial charge in [-0.3, -0.25) is 0 Å². The van der Waals surface area contributed by atoms with Crippen molar-refractivity contribution < 1.29 is 9.90 Å². The van der Waals surface area contributed by atoms with Crippen LogP contribution in [-0.4, -0.2) is 34.6 Å². The van der Waals surface area contributed by atoms with E-state index in [1.165, 1.54) is 11.3 Å². The predicted molar refractivity (Wildman–Crippen MR) is 65.1 cm³/mol. The molecule has 0 aliphatic carbocycles. The Kier molecular flexibility index (Phi) is 4.90. The number of nitrogens with zero attached hydrogens (tertiary/aromatic N) is 1. The van der Waals surface area contributed by atoms with Gasteiger partial charge in [0.2, 0.25) is 0 Å². The van der Waals surface area contributed by atoms with Crippen LogP contribution >= 0.6 is 23.1 Å². The van der Waals surface area contributed by atoms with Crippen LogP contribution in [0.2, 0.25) is 0 Å². The van der Waals surface area contributed by atoms with Crippen LogP contribution < -0.4 is 5.32 Å². The highest BCUT2D eigenvalue weighted by Gasteiger charge is 2.13. The normalized spacial score (nSPS) is 12.4. The van der Waals surface area contributed by atoms with Crippen LogP contribution in [0.5, 0.6) is 0 Å². The van der Waals surface area contributed by atoms with Crippen molar-refractivity contribution in [2.24, 2.45) is 5.92 Å². The first-order valence-electron chi connectivity index (χ1n) is 4.54. The minimum absolute atomic E-state index is 0.122. The van der Waals surface area contributed by atoms with Crippen LogP contribution in [0.1, 0.15) is 17.4 Å². The molecule has 2 N–H and O–H groups in total. The first-order valence-corrected chi connectivity index (χ1v) is 6.82. The van der Waals surface area contributed by atoms with E-state index >= 15 is 0 Å². The van der Waals surface area contributed by atoms with E-state index in [9.17, 15) is 4.79 Å². The highest BCUT2D eigenvalue weighted by atomic mass is 32.2. The Labute approximate surface area is 97.1 Å². The molecule has 6 heteroatoms. The molecule has 15 heavy (non-hydrogen) atoms. The number of carboxylic acids is 1. The largest absolute Gasteiger partial charge is 0.476 e. The van der Waals surface area contributed by atoms with Gasteiger partial charge in [0.1, 0.15) is 5.00 Å². The molecule has 0 saturated heterocycles. The summed E-state index contributed by atoms with van der Waals surface area (Å²) in [6.07, 6.45) is 2.06. The maximum Gasteiger partial charge on any atom is 0.357 e. The Morgan fingerprint density at radius 1 is 1.80 bits per heavy atom. The van der Waals surface area contributed by atoms with Crippen molar-refractivity contribution in [2.45, 2.75) is 6.92 Å². The van der Waals surface area contributed by atoms with Gasteiger partial charge in [-0.25, -0.2) is 9.78 Å². The number of anilines is 1. The van der Waals surface area contributed by atoms with Gasteiger partial charge in [-0.05, 0) is 17.9 Å². The molecule has 0 bridgehead atoms. The molecule has 1 unspecified atom stereocenters. The van der Waals surface area contributed by atoms with Crippen molar-refractivity contribution in [3.8, 4) is 0 Å². The maximum atomic E-state index is 10.8. The second-order valence-corrected chi connectivity index (χ2v) is 5.04. The molecule has 1 rings (SSSR count). The third-order valence-corrected chi connectivity index (χ3v) is 3.52. The summed E-state index contributed by atoms with van der Waals surface area (Å²) in [5, 5.41) is 12.6. The number of hydrogen-bond donors (Lipinski definition) is 2.